The van der Waals surface area contributed by atoms with Gasteiger partial charge in [0, 0.05) is 23.5 Å². The minimum Gasteiger partial charge on any atom is -0.265 e. The van der Waals surface area contributed by atoms with Gasteiger partial charge in [0.15, 0.2) is 0 Å². The molecule has 7 aromatic carbocycles. The van der Waals surface area contributed by atoms with Crippen molar-refractivity contribution in [1.29, 1.82) is 0 Å². The predicted molar refractivity (Wildman–Crippen MR) is 237 cm³/mol. The topological polar surface area (TPSA) is 25.8 Å². The molecule has 2 aliphatic carbocycles. The minimum absolute atomic E-state index is 0.626. The number of nitrogens with zero attached hydrogens (tertiary/aromatic N) is 2. The van der Waals surface area contributed by atoms with Gasteiger partial charge in [-0.3, -0.25) is 4.98 Å². The minimum atomic E-state index is -0.653. The molecule has 0 aliphatic heterocycles. The molecule has 0 atom stereocenters. The second kappa shape index (κ2) is 13.7. The fourth-order valence-electron chi connectivity index (χ4n) is 10.00. The highest BCUT2D eigenvalue weighted by Gasteiger charge is 2.59. The summed E-state index contributed by atoms with van der Waals surface area (Å²) in [5, 5.41) is 0. The van der Waals surface area contributed by atoms with Crippen molar-refractivity contribution < 1.29 is 0 Å². The molecule has 2 heterocycles. The fourth-order valence-corrected chi connectivity index (χ4v) is 10.00. The Morgan fingerprint density at radius 1 is 0.293 bits per heavy atom. The van der Waals surface area contributed by atoms with E-state index in [9.17, 15) is 0 Å². The summed E-state index contributed by atoms with van der Waals surface area (Å²) in [6, 6.07) is 80.2. The summed E-state index contributed by atoms with van der Waals surface area (Å²) in [7, 11) is 0. The van der Waals surface area contributed by atoms with Crippen molar-refractivity contribution in [3.8, 4) is 33.6 Å². The maximum Gasteiger partial charge on any atom is 0.0717 e. The van der Waals surface area contributed by atoms with Crippen LogP contribution in [0.15, 0.2) is 231 Å². The van der Waals surface area contributed by atoms with Crippen molar-refractivity contribution in [3.05, 3.63) is 275 Å². The van der Waals surface area contributed by atoms with E-state index in [1.807, 2.05) is 24.5 Å². The van der Waals surface area contributed by atoms with E-state index in [0.29, 0.717) is 0 Å². The van der Waals surface area contributed by atoms with E-state index >= 15 is 0 Å². The molecule has 272 valence electrons. The number of aromatic nitrogens is 2. The van der Waals surface area contributed by atoms with Gasteiger partial charge in [-0.05, 0) is 103 Å². The standard InChI is InChI=1S/C56H38N2/c1-6-17-39(18-7-1)41-29-31-47-49(37-41)55(43-19-8-2-9-20-43,44-21-10-3-11-22-44)54-48-32-30-42(52-28-16-27-51(58-52)40-33-35-57-36-34-40)38-50(48)56(53(47)54,45-23-12-4-13-24-45)46-25-14-5-15-26-46/h1-38H. The van der Waals surface area contributed by atoms with Crippen molar-refractivity contribution in [3.63, 3.8) is 0 Å². The first-order valence-electron chi connectivity index (χ1n) is 20.0. The molecular formula is C56H38N2. The lowest BCUT2D eigenvalue weighted by molar-refractivity contribution is 0.801. The predicted octanol–water partition coefficient (Wildman–Crippen LogP) is 13.1. The van der Waals surface area contributed by atoms with Crippen LogP contribution >= 0.6 is 0 Å². The molecule has 0 bridgehead atoms. The molecule has 0 radical (unpaired) electrons. The van der Waals surface area contributed by atoms with Crippen molar-refractivity contribution in [2.45, 2.75) is 10.8 Å². The molecule has 58 heavy (non-hydrogen) atoms. The van der Waals surface area contributed by atoms with Crippen LogP contribution in [0, 0.1) is 0 Å². The smallest absolute Gasteiger partial charge is 0.0717 e. The maximum absolute atomic E-state index is 5.26. The van der Waals surface area contributed by atoms with Gasteiger partial charge in [0.25, 0.3) is 0 Å². The molecule has 0 saturated heterocycles. The molecule has 0 spiro atoms. The lowest BCUT2D eigenvalue weighted by Gasteiger charge is -2.38. The molecule has 0 fully saturated rings. The molecule has 9 aromatic rings. The first kappa shape index (κ1) is 33.9. The van der Waals surface area contributed by atoms with E-state index in [1.54, 1.807) is 0 Å². The largest absolute Gasteiger partial charge is 0.265 e. The SMILES string of the molecule is c1ccc(-c2ccc3c(c2)C(c2ccccc2)(c2ccccc2)C2=C3C(c3ccccc3)(c3ccccc3)c3cc(-c4cccc(-c5ccncc5)n4)ccc32)cc1. The van der Waals surface area contributed by atoms with Gasteiger partial charge in [-0.25, -0.2) is 4.98 Å². The summed E-state index contributed by atoms with van der Waals surface area (Å²) < 4.78 is 0. The van der Waals surface area contributed by atoms with Gasteiger partial charge >= 0.3 is 0 Å². The Morgan fingerprint density at radius 2 is 0.690 bits per heavy atom. The molecule has 2 heteroatoms. The van der Waals surface area contributed by atoms with Gasteiger partial charge in [0.05, 0.1) is 22.2 Å². The van der Waals surface area contributed by atoms with E-state index < -0.39 is 10.8 Å². The lowest BCUT2D eigenvalue weighted by Crippen LogP contribution is -2.30. The van der Waals surface area contributed by atoms with E-state index in [4.69, 9.17) is 4.98 Å². The van der Waals surface area contributed by atoms with Crippen LogP contribution in [0.25, 0.3) is 44.8 Å². The molecule has 0 N–H and O–H groups in total. The van der Waals surface area contributed by atoms with E-state index in [0.717, 1.165) is 22.5 Å². The summed E-state index contributed by atoms with van der Waals surface area (Å²) in [6.45, 7) is 0. The normalized spacial score (nSPS) is 14.4. The number of hydrogen-bond acceptors (Lipinski definition) is 2. The molecule has 2 nitrogen and oxygen atoms in total. The average molecular weight is 739 g/mol. The summed E-state index contributed by atoms with van der Waals surface area (Å²) in [4.78, 5) is 9.51. The second-order valence-electron chi connectivity index (χ2n) is 15.2. The Kier molecular flexibility index (Phi) is 7.97. The number of rotatable bonds is 7. The molecule has 0 amide bonds. The van der Waals surface area contributed by atoms with Crippen LogP contribution in [0.1, 0.15) is 44.5 Å². The van der Waals surface area contributed by atoms with E-state index in [1.165, 1.54) is 66.8 Å². The fraction of sp³-hybridized carbons (Fsp3) is 0.0357. The highest BCUT2D eigenvalue weighted by molar-refractivity contribution is 6.16. The van der Waals surface area contributed by atoms with Crippen LogP contribution in [0.3, 0.4) is 0 Å². The van der Waals surface area contributed by atoms with Crippen LogP contribution in [0.2, 0.25) is 0 Å². The first-order valence-corrected chi connectivity index (χ1v) is 20.0. The Bertz CT molecular complexity index is 2880. The van der Waals surface area contributed by atoms with Gasteiger partial charge in [0.2, 0.25) is 0 Å². The Morgan fingerprint density at radius 3 is 1.16 bits per heavy atom. The molecule has 11 rings (SSSR count). The summed E-state index contributed by atoms with van der Waals surface area (Å²) in [5.74, 6) is 0. The average Bonchev–Trinajstić information content (AvgIpc) is 3.79. The van der Waals surface area contributed by atoms with Crippen molar-refractivity contribution in [2.24, 2.45) is 0 Å². The number of pyridine rings is 2. The van der Waals surface area contributed by atoms with Crippen molar-refractivity contribution in [2.75, 3.05) is 0 Å². The van der Waals surface area contributed by atoms with Gasteiger partial charge in [-0.15, -0.1) is 0 Å². The zero-order chi connectivity index (χ0) is 38.5. The Balaban J connectivity index is 1.29. The number of hydrogen-bond donors (Lipinski definition) is 0. The maximum atomic E-state index is 5.26. The molecular weight excluding hydrogens is 701 g/mol. The van der Waals surface area contributed by atoms with Crippen molar-refractivity contribution >= 4 is 11.1 Å². The lowest BCUT2D eigenvalue weighted by atomic mass is 9.63. The van der Waals surface area contributed by atoms with Crippen molar-refractivity contribution in [1.82, 2.24) is 9.97 Å². The second-order valence-corrected chi connectivity index (χ2v) is 15.2. The Labute approximate surface area is 339 Å². The molecule has 2 aliphatic rings. The van der Waals surface area contributed by atoms with E-state index in [2.05, 4.69) is 211 Å². The highest BCUT2D eigenvalue weighted by Crippen LogP contribution is 2.70. The quantitative estimate of drug-likeness (QED) is 0.163. The highest BCUT2D eigenvalue weighted by atomic mass is 14.7. The van der Waals surface area contributed by atoms with Gasteiger partial charge in [-0.1, -0.05) is 182 Å². The van der Waals surface area contributed by atoms with Gasteiger partial charge < -0.3 is 0 Å². The van der Waals surface area contributed by atoms with Gasteiger partial charge in [0.1, 0.15) is 0 Å². The monoisotopic (exact) mass is 738 g/mol. The third-order valence-electron chi connectivity index (χ3n) is 12.3. The van der Waals surface area contributed by atoms with Gasteiger partial charge in [-0.2, -0.15) is 0 Å². The van der Waals surface area contributed by atoms with Crippen LogP contribution in [-0.2, 0) is 10.8 Å². The van der Waals surface area contributed by atoms with Crippen LogP contribution in [-0.4, -0.2) is 9.97 Å². The van der Waals surface area contributed by atoms with Crippen LogP contribution in [0.4, 0.5) is 0 Å². The summed E-state index contributed by atoms with van der Waals surface area (Å²) in [6.07, 6.45) is 3.65. The zero-order valence-electron chi connectivity index (χ0n) is 31.8. The summed E-state index contributed by atoms with van der Waals surface area (Å²) >= 11 is 0. The number of fused-ring (bicyclic) bond motifs is 4. The molecule has 0 saturated carbocycles. The third kappa shape index (κ3) is 4.98. The third-order valence-corrected chi connectivity index (χ3v) is 12.3. The van der Waals surface area contributed by atoms with E-state index in [-0.39, 0.29) is 0 Å². The van der Waals surface area contributed by atoms with Crippen LogP contribution in [0.5, 0.6) is 0 Å². The molecule has 2 aromatic heterocycles. The first-order chi connectivity index (χ1) is 28.8. The number of allylic oxidation sites excluding steroid dienone is 2. The number of benzene rings is 7. The summed E-state index contributed by atoms with van der Waals surface area (Å²) in [5.41, 5.74) is 17.8. The van der Waals surface area contributed by atoms with Crippen LogP contribution < -0.4 is 0 Å². The zero-order valence-corrected chi connectivity index (χ0v) is 31.8. The molecule has 0 unspecified atom stereocenters. The Hall–Kier alpha value is -7.42.